The average Bonchev–Trinajstić information content (AvgIpc) is 2.21. The van der Waals surface area contributed by atoms with Gasteiger partial charge in [0.25, 0.3) is 0 Å². The molecular formula is C8H8O7. The maximum Gasteiger partial charge on any atom is 0.421 e. The molecule has 82 valence electrons. The number of rotatable bonds is 5. The highest BCUT2D eigenvalue weighted by Gasteiger charge is 2.19. The topological polar surface area (TPSA) is 104 Å². The zero-order chi connectivity index (χ0) is 11.8. The minimum Gasteiger partial charge on any atom is -0.303 e. The summed E-state index contributed by atoms with van der Waals surface area (Å²) in [6.45, 7) is 0.907. The molecule has 7 nitrogen and oxygen atoms in total. The Balaban J connectivity index is 3.93. The summed E-state index contributed by atoms with van der Waals surface area (Å²) in [5, 5.41) is 0. The Bertz CT molecular complexity index is 304. The molecule has 0 unspecified atom stereocenters. The van der Waals surface area contributed by atoms with Gasteiger partial charge in [0.15, 0.2) is 0 Å². The van der Waals surface area contributed by atoms with Crippen LogP contribution in [0.1, 0.15) is 19.8 Å². The number of aldehydes is 1. The van der Waals surface area contributed by atoms with Crippen molar-refractivity contribution in [2.45, 2.75) is 19.8 Å². The van der Waals surface area contributed by atoms with Crippen molar-refractivity contribution in [2.75, 3.05) is 0 Å². The summed E-state index contributed by atoms with van der Waals surface area (Å²) in [6.07, 6.45) is -0.0126. The molecule has 7 heteroatoms. The molecule has 0 atom stereocenters. The van der Waals surface area contributed by atoms with Crippen LogP contribution in [-0.2, 0) is 33.7 Å². The fourth-order valence-corrected chi connectivity index (χ4v) is 0.473. The number of Topliss-reactive ketones (excluding diaryl/α,β-unsaturated/α-hetero) is 2. The minimum atomic E-state index is -1.42. The highest BCUT2D eigenvalue weighted by atomic mass is 17.2. The lowest BCUT2D eigenvalue weighted by Crippen LogP contribution is -2.22. The molecule has 0 aliphatic carbocycles. The van der Waals surface area contributed by atoms with Crippen LogP contribution in [0.2, 0.25) is 0 Å². The largest absolute Gasteiger partial charge is 0.421 e. The first-order valence-electron chi connectivity index (χ1n) is 3.89. The summed E-state index contributed by atoms with van der Waals surface area (Å²) in [5.74, 6) is -4.79. The number of hydrogen-bond acceptors (Lipinski definition) is 7. The van der Waals surface area contributed by atoms with Crippen LogP contribution < -0.4 is 0 Å². The zero-order valence-corrected chi connectivity index (χ0v) is 7.85. The van der Waals surface area contributed by atoms with Crippen LogP contribution in [0.25, 0.3) is 0 Å². The van der Waals surface area contributed by atoms with Crippen molar-refractivity contribution < 1.29 is 33.7 Å². The second-order valence-electron chi connectivity index (χ2n) is 2.43. The lowest BCUT2D eigenvalue weighted by Gasteiger charge is -1.98. The van der Waals surface area contributed by atoms with E-state index in [2.05, 4.69) is 9.78 Å². The summed E-state index contributed by atoms with van der Waals surface area (Å²) < 4.78 is 0. The lowest BCUT2D eigenvalue weighted by molar-refractivity contribution is -0.254. The van der Waals surface area contributed by atoms with E-state index in [4.69, 9.17) is 0 Å². The van der Waals surface area contributed by atoms with Gasteiger partial charge < -0.3 is 4.79 Å². The smallest absolute Gasteiger partial charge is 0.303 e. The van der Waals surface area contributed by atoms with Crippen molar-refractivity contribution >= 4 is 29.8 Å². The molecule has 0 saturated carbocycles. The van der Waals surface area contributed by atoms with Crippen LogP contribution in [0.15, 0.2) is 0 Å². The van der Waals surface area contributed by atoms with E-state index in [0.717, 1.165) is 6.92 Å². The van der Waals surface area contributed by atoms with E-state index in [-0.39, 0.29) is 12.8 Å². The van der Waals surface area contributed by atoms with Crippen molar-refractivity contribution in [1.82, 2.24) is 0 Å². The first kappa shape index (κ1) is 12.9. The predicted molar refractivity (Wildman–Crippen MR) is 43.2 cm³/mol. The van der Waals surface area contributed by atoms with Gasteiger partial charge in [0.1, 0.15) is 6.29 Å². The molecule has 0 rings (SSSR count). The quantitative estimate of drug-likeness (QED) is 0.254. The SMILES string of the molecule is CC(=O)C(=O)OOC(=O)C(=O)CCC=O. The van der Waals surface area contributed by atoms with E-state index < -0.39 is 23.5 Å². The minimum absolute atomic E-state index is 0.130. The van der Waals surface area contributed by atoms with E-state index in [1.165, 1.54) is 0 Å². The van der Waals surface area contributed by atoms with Crippen LogP contribution in [0.3, 0.4) is 0 Å². The van der Waals surface area contributed by atoms with Gasteiger partial charge in [0.2, 0.25) is 11.6 Å². The molecule has 0 amide bonds. The molecule has 0 bridgehead atoms. The molecule has 0 aromatic heterocycles. The molecule has 0 aliphatic rings. The van der Waals surface area contributed by atoms with Crippen molar-refractivity contribution in [3.05, 3.63) is 0 Å². The van der Waals surface area contributed by atoms with Crippen LogP contribution >= 0.6 is 0 Å². The Kier molecular flexibility index (Phi) is 5.53. The van der Waals surface area contributed by atoms with Crippen molar-refractivity contribution in [3.8, 4) is 0 Å². The van der Waals surface area contributed by atoms with Gasteiger partial charge in [-0.05, 0) is 0 Å². The van der Waals surface area contributed by atoms with Gasteiger partial charge in [-0.1, -0.05) is 0 Å². The summed E-state index contributed by atoms with van der Waals surface area (Å²) in [7, 11) is 0. The monoisotopic (exact) mass is 216 g/mol. The highest BCUT2D eigenvalue weighted by molar-refractivity contribution is 6.35. The standard InChI is InChI=1S/C8H8O7/c1-5(10)7(12)14-15-8(13)6(11)3-2-4-9/h4H,2-3H2,1H3. The van der Waals surface area contributed by atoms with E-state index >= 15 is 0 Å². The molecule has 0 heterocycles. The van der Waals surface area contributed by atoms with E-state index in [0.29, 0.717) is 6.29 Å². The van der Waals surface area contributed by atoms with E-state index in [9.17, 15) is 24.0 Å². The second-order valence-corrected chi connectivity index (χ2v) is 2.43. The molecular weight excluding hydrogens is 208 g/mol. The molecule has 0 aromatic rings. The zero-order valence-electron chi connectivity index (χ0n) is 7.85. The number of carbonyl (C=O) groups excluding carboxylic acids is 5. The molecule has 15 heavy (non-hydrogen) atoms. The van der Waals surface area contributed by atoms with Gasteiger partial charge in [0.05, 0.1) is 0 Å². The third kappa shape index (κ3) is 5.29. The summed E-state index contributed by atoms with van der Waals surface area (Å²) >= 11 is 0. The first-order valence-corrected chi connectivity index (χ1v) is 3.89. The Morgan fingerprint density at radius 3 is 2.07 bits per heavy atom. The Morgan fingerprint density at radius 1 is 1.07 bits per heavy atom. The predicted octanol–water partition coefficient (Wildman–Crippen LogP) is -0.875. The second kappa shape index (κ2) is 6.41. The summed E-state index contributed by atoms with van der Waals surface area (Å²) in [4.78, 5) is 59.6. The normalized spacial score (nSPS) is 8.87. The third-order valence-electron chi connectivity index (χ3n) is 1.20. The summed E-state index contributed by atoms with van der Waals surface area (Å²) in [5.41, 5.74) is 0. The van der Waals surface area contributed by atoms with Crippen LogP contribution in [0.4, 0.5) is 0 Å². The molecule has 0 aromatic carbocycles. The molecule has 0 N–H and O–H groups in total. The number of hydrogen-bond donors (Lipinski definition) is 0. The Hall–Kier alpha value is -2.05. The van der Waals surface area contributed by atoms with E-state index in [1.807, 2.05) is 0 Å². The van der Waals surface area contributed by atoms with Crippen LogP contribution in [0.5, 0.6) is 0 Å². The fraction of sp³-hybridized carbons (Fsp3) is 0.375. The van der Waals surface area contributed by atoms with Crippen molar-refractivity contribution in [3.63, 3.8) is 0 Å². The molecule has 0 aliphatic heterocycles. The summed E-state index contributed by atoms with van der Waals surface area (Å²) in [6, 6.07) is 0. The maximum absolute atomic E-state index is 10.8. The molecule has 0 radical (unpaired) electrons. The molecule has 0 saturated heterocycles. The Labute approximate surface area is 84.3 Å². The highest BCUT2D eigenvalue weighted by Crippen LogP contribution is 1.93. The van der Waals surface area contributed by atoms with Crippen LogP contribution in [0, 0.1) is 0 Å². The number of carbonyl (C=O) groups is 5. The van der Waals surface area contributed by atoms with Crippen molar-refractivity contribution in [2.24, 2.45) is 0 Å². The van der Waals surface area contributed by atoms with Gasteiger partial charge in [0, 0.05) is 19.8 Å². The molecule has 0 spiro atoms. The third-order valence-corrected chi connectivity index (χ3v) is 1.20. The Morgan fingerprint density at radius 2 is 1.60 bits per heavy atom. The van der Waals surface area contributed by atoms with Gasteiger partial charge >= 0.3 is 11.9 Å². The van der Waals surface area contributed by atoms with Gasteiger partial charge in [-0.2, -0.15) is 0 Å². The average molecular weight is 216 g/mol. The number of ketones is 2. The van der Waals surface area contributed by atoms with Gasteiger partial charge in [-0.15, -0.1) is 0 Å². The lowest BCUT2D eigenvalue weighted by atomic mass is 10.2. The van der Waals surface area contributed by atoms with Gasteiger partial charge in [-0.3, -0.25) is 9.59 Å². The first-order chi connectivity index (χ1) is 6.99. The van der Waals surface area contributed by atoms with Crippen molar-refractivity contribution in [1.29, 1.82) is 0 Å². The maximum atomic E-state index is 10.8. The van der Waals surface area contributed by atoms with Crippen LogP contribution in [-0.4, -0.2) is 29.8 Å². The van der Waals surface area contributed by atoms with Gasteiger partial charge in [-0.25, -0.2) is 19.4 Å². The fourth-order valence-electron chi connectivity index (χ4n) is 0.473. The van der Waals surface area contributed by atoms with E-state index in [1.54, 1.807) is 0 Å². The molecule has 0 fully saturated rings.